The van der Waals surface area contributed by atoms with Crippen LogP contribution in [0.3, 0.4) is 0 Å². The molecule has 0 bridgehead atoms. The van der Waals surface area contributed by atoms with E-state index >= 15 is 0 Å². The number of benzene rings is 1. The maximum absolute atomic E-state index is 12.7. The summed E-state index contributed by atoms with van der Waals surface area (Å²) >= 11 is 2.00. The minimum absolute atomic E-state index is 0.361. The number of ether oxygens (including phenoxy) is 1. The minimum atomic E-state index is -4.37. The second-order valence-electron chi connectivity index (χ2n) is 6.18. The number of nitrogens with one attached hydrogen (secondary N) is 1. The molecule has 0 atom stereocenters. The summed E-state index contributed by atoms with van der Waals surface area (Å²) in [6, 6.07) is 4.92. The molecule has 7 heteroatoms. The summed E-state index contributed by atoms with van der Waals surface area (Å²) in [4.78, 5) is 12.3. The largest absolute Gasteiger partial charge is 0.453 e. The van der Waals surface area contributed by atoms with Crippen molar-refractivity contribution in [1.82, 2.24) is 5.32 Å². The third-order valence-corrected chi connectivity index (χ3v) is 4.36. The van der Waals surface area contributed by atoms with E-state index in [1.807, 2.05) is 22.6 Å². The highest BCUT2D eigenvalue weighted by atomic mass is 127. The Labute approximate surface area is 147 Å². The molecular weight excluding hydrogens is 422 g/mol. The molecule has 0 aromatic heterocycles. The predicted molar refractivity (Wildman–Crippen MR) is 89.4 cm³/mol. The third-order valence-electron chi connectivity index (χ3n) is 3.92. The van der Waals surface area contributed by atoms with E-state index in [1.165, 1.54) is 12.1 Å². The van der Waals surface area contributed by atoms with Gasteiger partial charge < -0.3 is 10.1 Å². The number of rotatable bonds is 3. The number of halogens is 4. The van der Waals surface area contributed by atoms with Crippen molar-refractivity contribution in [3.63, 3.8) is 0 Å². The van der Waals surface area contributed by atoms with Crippen LogP contribution in [0.4, 0.5) is 13.2 Å². The van der Waals surface area contributed by atoms with Gasteiger partial charge in [0.05, 0.1) is 5.56 Å². The highest BCUT2D eigenvalue weighted by Crippen LogP contribution is 2.38. The molecule has 0 radical (unpaired) electrons. The van der Waals surface area contributed by atoms with Crippen LogP contribution in [-0.4, -0.2) is 22.5 Å². The quantitative estimate of drug-likeness (QED) is 0.437. The van der Waals surface area contributed by atoms with Crippen LogP contribution in [0.25, 0.3) is 0 Å². The Morgan fingerprint density at radius 1 is 1.17 bits per heavy atom. The molecule has 0 unspecified atom stereocenters. The van der Waals surface area contributed by atoms with Crippen molar-refractivity contribution in [3.05, 3.63) is 35.4 Å². The lowest BCUT2D eigenvalue weighted by molar-refractivity contribution is -0.166. The van der Waals surface area contributed by atoms with Crippen LogP contribution in [0.5, 0.6) is 0 Å². The van der Waals surface area contributed by atoms with Gasteiger partial charge >= 0.3 is 12.1 Å². The van der Waals surface area contributed by atoms with E-state index in [0.29, 0.717) is 31.5 Å². The van der Waals surface area contributed by atoms with Crippen molar-refractivity contribution >= 4 is 28.6 Å². The van der Waals surface area contributed by atoms with Crippen LogP contribution in [0.1, 0.15) is 37.8 Å². The summed E-state index contributed by atoms with van der Waals surface area (Å²) in [5.74, 6) is -0.361. The molecule has 1 fully saturated rings. The lowest BCUT2D eigenvalue weighted by Gasteiger charge is -2.39. The van der Waals surface area contributed by atoms with Gasteiger partial charge in [0.1, 0.15) is 9.02 Å². The second kappa shape index (κ2) is 6.58. The highest BCUT2D eigenvalue weighted by molar-refractivity contribution is 14.1. The first kappa shape index (κ1) is 18.5. The molecule has 3 nitrogen and oxygen atoms in total. The zero-order valence-electron chi connectivity index (χ0n) is 13.0. The predicted octanol–water partition coefficient (Wildman–Crippen LogP) is 4.04. The van der Waals surface area contributed by atoms with Gasteiger partial charge in [-0.05, 0) is 44.6 Å². The normalized spacial score (nSPS) is 18.5. The van der Waals surface area contributed by atoms with Gasteiger partial charge in [-0.1, -0.05) is 34.7 Å². The molecule has 128 valence electrons. The van der Waals surface area contributed by atoms with E-state index in [-0.39, 0.29) is 5.97 Å². The number of hydrogen-bond donors (Lipinski definition) is 1. The molecule has 1 saturated heterocycles. The number of piperidine rings is 1. The number of alkyl halides is 4. The SMILES string of the molecule is CC(C)(I)C(=O)OC1(c2ccc(C(F)(F)F)cc2)CCNCC1. The third kappa shape index (κ3) is 4.37. The molecule has 1 aromatic rings. The van der Waals surface area contributed by atoms with Gasteiger partial charge in [-0.15, -0.1) is 0 Å². The molecule has 0 aliphatic carbocycles. The number of carbonyl (C=O) groups excluding carboxylic acids is 1. The first-order valence-corrected chi connectivity index (χ1v) is 8.43. The summed E-state index contributed by atoms with van der Waals surface area (Å²) in [5, 5.41) is 3.18. The van der Waals surface area contributed by atoms with Crippen molar-refractivity contribution in [2.75, 3.05) is 13.1 Å². The molecule has 0 amide bonds. The Bertz CT molecular complexity index is 558. The molecule has 1 heterocycles. The van der Waals surface area contributed by atoms with Gasteiger partial charge in [-0.25, -0.2) is 0 Å². The van der Waals surface area contributed by atoms with E-state index < -0.39 is 20.8 Å². The monoisotopic (exact) mass is 441 g/mol. The van der Waals surface area contributed by atoms with E-state index in [0.717, 1.165) is 12.1 Å². The van der Waals surface area contributed by atoms with Crippen LogP contribution in [0.15, 0.2) is 24.3 Å². The zero-order chi connectivity index (χ0) is 17.3. The van der Waals surface area contributed by atoms with Gasteiger partial charge in [0.25, 0.3) is 0 Å². The fourth-order valence-corrected chi connectivity index (χ4v) is 2.65. The fraction of sp³-hybridized carbons (Fsp3) is 0.562. The van der Waals surface area contributed by atoms with Gasteiger partial charge in [0.15, 0.2) is 0 Å². The van der Waals surface area contributed by atoms with Gasteiger partial charge in [0.2, 0.25) is 0 Å². The Kier molecular flexibility index (Phi) is 5.30. The average Bonchev–Trinajstić information content (AvgIpc) is 2.46. The van der Waals surface area contributed by atoms with E-state index in [1.54, 1.807) is 13.8 Å². The summed E-state index contributed by atoms with van der Waals surface area (Å²) in [5.41, 5.74) is -0.957. The average molecular weight is 441 g/mol. The van der Waals surface area contributed by atoms with Crippen LogP contribution in [0.2, 0.25) is 0 Å². The van der Waals surface area contributed by atoms with Crippen molar-refractivity contribution in [2.24, 2.45) is 0 Å². The Balaban J connectivity index is 2.33. The van der Waals surface area contributed by atoms with Gasteiger partial charge in [0, 0.05) is 12.8 Å². The van der Waals surface area contributed by atoms with Crippen molar-refractivity contribution in [1.29, 1.82) is 0 Å². The molecule has 1 aromatic carbocycles. The standard InChI is InChI=1S/C16H19F3INO2/c1-14(2,20)13(22)23-15(7-9-21-10-8-15)11-3-5-12(6-4-11)16(17,18)19/h3-6,21H,7-10H2,1-2H3. The van der Waals surface area contributed by atoms with Crippen molar-refractivity contribution in [2.45, 2.75) is 41.9 Å². The van der Waals surface area contributed by atoms with Crippen LogP contribution >= 0.6 is 22.6 Å². The fourth-order valence-electron chi connectivity index (χ4n) is 2.54. The molecule has 0 saturated carbocycles. The van der Waals surface area contributed by atoms with Crippen LogP contribution in [0, 0.1) is 0 Å². The van der Waals surface area contributed by atoms with Gasteiger partial charge in [-0.2, -0.15) is 13.2 Å². The number of esters is 1. The second-order valence-corrected chi connectivity index (χ2v) is 8.88. The van der Waals surface area contributed by atoms with Gasteiger partial charge in [-0.3, -0.25) is 4.79 Å². The molecule has 1 N–H and O–H groups in total. The molecule has 1 aliphatic rings. The summed E-state index contributed by atoms with van der Waals surface area (Å²) in [7, 11) is 0. The van der Waals surface area contributed by atoms with E-state index in [4.69, 9.17) is 4.74 Å². The molecule has 23 heavy (non-hydrogen) atoms. The lowest BCUT2D eigenvalue weighted by atomic mass is 9.84. The maximum atomic E-state index is 12.7. The lowest BCUT2D eigenvalue weighted by Crippen LogP contribution is -2.45. The highest BCUT2D eigenvalue weighted by Gasteiger charge is 2.41. The molecule has 2 rings (SSSR count). The Morgan fingerprint density at radius 2 is 1.70 bits per heavy atom. The first-order valence-electron chi connectivity index (χ1n) is 7.35. The maximum Gasteiger partial charge on any atom is 0.416 e. The zero-order valence-corrected chi connectivity index (χ0v) is 15.1. The number of hydrogen-bond acceptors (Lipinski definition) is 3. The number of carbonyl (C=O) groups is 1. The Morgan fingerprint density at radius 3 is 2.13 bits per heavy atom. The summed E-state index contributed by atoms with van der Waals surface area (Å²) in [6.45, 7) is 4.79. The van der Waals surface area contributed by atoms with Crippen molar-refractivity contribution in [3.8, 4) is 0 Å². The van der Waals surface area contributed by atoms with Crippen LogP contribution < -0.4 is 5.32 Å². The van der Waals surface area contributed by atoms with Crippen molar-refractivity contribution < 1.29 is 22.7 Å². The molecule has 0 spiro atoms. The van der Waals surface area contributed by atoms with E-state index in [9.17, 15) is 18.0 Å². The molecule has 1 aliphatic heterocycles. The summed E-state index contributed by atoms with van der Waals surface area (Å²) in [6.07, 6.45) is -3.30. The Hall–Kier alpha value is -0.830. The summed E-state index contributed by atoms with van der Waals surface area (Å²) < 4.78 is 43.3. The minimum Gasteiger partial charge on any atom is -0.453 e. The topological polar surface area (TPSA) is 38.3 Å². The molecular formula is C16H19F3INO2. The first-order chi connectivity index (χ1) is 10.5. The smallest absolute Gasteiger partial charge is 0.416 e. The van der Waals surface area contributed by atoms with Crippen LogP contribution in [-0.2, 0) is 21.3 Å². The van der Waals surface area contributed by atoms with E-state index in [2.05, 4.69) is 5.32 Å².